The molecule has 126 heavy (non-hydrogen) atoms. The number of aliphatic carboxylic acids is 2. The van der Waals surface area contributed by atoms with Gasteiger partial charge in [-0.2, -0.15) is 30.6 Å². The molecule has 0 spiro atoms. The third kappa shape index (κ3) is 22.2. The number of nitrogens with one attached hydrogen (secondary N) is 1. The second-order valence-electron chi connectivity index (χ2n) is 32.0. The number of fused-ring (bicyclic) bond motifs is 3. The van der Waals surface area contributed by atoms with E-state index in [2.05, 4.69) is 49.8 Å². The number of aromatic nitrogens is 15. The van der Waals surface area contributed by atoms with Crippen LogP contribution < -0.4 is 53.3 Å². The Hall–Kier alpha value is -11.7. The summed E-state index contributed by atoms with van der Waals surface area (Å²) < 4.78 is 83.7. The molecule has 9 aromatic heterocycles. The van der Waals surface area contributed by atoms with Crippen molar-refractivity contribution in [1.82, 2.24) is 82.6 Å². The number of aryl methyl sites for hydroxylation is 3. The molecule has 0 aliphatic heterocycles. The van der Waals surface area contributed by atoms with Crippen LogP contribution in [0.25, 0.3) is 45.7 Å². The summed E-state index contributed by atoms with van der Waals surface area (Å²) in [5.41, 5.74) is -6.25. The van der Waals surface area contributed by atoms with Gasteiger partial charge in [0.15, 0.2) is 0 Å². The number of aliphatic hydroxyl groups is 3. The molecule has 37 nitrogen and oxygen atoms in total. The Morgan fingerprint density at radius 3 is 0.913 bits per heavy atom. The van der Waals surface area contributed by atoms with Crippen molar-refractivity contribution < 1.29 is 81.5 Å². The Morgan fingerprint density at radius 2 is 0.698 bits per heavy atom. The van der Waals surface area contributed by atoms with Gasteiger partial charge < -0.3 is 64.2 Å². The van der Waals surface area contributed by atoms with Crippen molar-refractivity contribution >= 4 is 82.5 Å². The van der Waals surface area contributed by atoms with Crippen LogP contribution in [0.4, 0.5) is 13.2 Å². The van der Waals surface area contributed by atoms with Gasteiger partial charge in [0, 0.05) is 52.5 Å². The predicted octanol–water partition coefficient (Wildman–Crippen LogP) is 8.70. The van der Waals surface area contributed by atoms with Crippen molar-refractivity contribution in [3.63, 3.8) is 0 Å². The largest absolute Gasteiger partial charge is 0.496 e. The van der Waals surface area contributed by atoms with E-state index in [1.165, 1.54) is 195 Å². The van der Waals surface area contributed by atoms with Crippen molar-refractivity contribution in [3.05, 3.63) is 205 Å². The number of hydrogen-bond acceptors (Lipinski definition) is 28. The lowest BCUT2D eigenvalue weighted by molar-refractivity contribution is -0.141. The molecular formula is C83H104F3N17O20S3. The highest BCUT2D eigenvalue weighted by Gasteiger charge is 2.36. The van der Waals surface area contributed by atoms with Crippen LogP contribution in [0.2, 0.25) is 0 Å². The van der Waals surface area contributed by atoms with Crippen LogP contribution in [0.5, 0.6) is 17.2 Å². The molecule has 12 rings (SSSR count). The fourth-order valence-corrected chi connectivity index (χ4v) is 16.6. The molecule has 0 bridgehead atoms. The maximum absolute atomic E-state index is 14.5. The zero-order valence-corrected chi connectivity index (χ0v) is 75.8. The molecule has 1 unspecified atom stereocenters. The lowest BCUT2D eigenvalue weighted by atomic mass is 10.1. The van der Waals surface area contributed by atoms with Gasteiger partial charge in [0.25, 0.3) is 16.7 Å². The number of carbonyl (C=O) groups is 3. The second-order valence-corrected chi connectivity index (χ2v) is 34.9. The number of hydrogen-bond donors (Lipinski definition) is 6. The summed E-state index contributed by atoms with van der Waals surface area (Å²) in [5, 5.41) is 80.2. The number of nitrogens with zero attached hydrogens (tertiary/aromatic N) is 16. The number of carbonyl (C=O) groups excluding carboxylic acids is 1. The highest BCUT2D eigenvalue weighted by atomic mass is 32.1. The van der Waals surface area contributed by atoms with E-state index in [1.807, 2.05) is 20.9 Å². The number of benzene rings is 3. The van der Waals surface area contributed by atoms with E-state index >= 15 is 0 Å². The molecule has 43 heteroatoms. The van der Waals surface area contributed by atoms with Gasteiger partial charge in [0.05, 0.1) is 131 Å². The van der Waals surface area contributed by atoms with Crippen LogP contribution in [0, 0.1) is 38.2 Å². The first kappa shape index (κ1) is 98.1. The van der Waals surface area contributed by atoms with E-state index in [4.69, 9.17) is 28.4 Å². The molecule has 0 radical (unpaired) electrons. The van der Waals surface area contributed by atoms with Crippen molar-refractivity contribution in [1.29, 1.82) is 0 Å². The molecular weight excluding hydrogens is 1710 g/mol. The number of amides is 1. The maximum Gasteiger partial charge on any atom is 0.333 e. The van der Waals surface area contributed by atoms with E-state index in [0.717, 1.165) is 38.6 Å². The number of halogens is 3. The molecule has 0 saturated carbocycles. The van der Waals surface area contributed by atoms with Gasteiger partial charge in [0.1, 0.15) is 101 Å². The van der Waals surface area contributed by atoms with Crippen LogP contribution in [0.3, 0.4) is 0 Å². The number of likely N-dealkylation sites (N-methyl/N-ethyl adjacent to an activating group) is 1. The van der Waals surface area contributed by atoms with Crippen LogP contribution in [-0.2, 0) is 48.2 Å². The van der Waals surface area contributed by atoms with Crippen LogP contribution in [-0.4, -0.2) is 205 Å². The van der Waals surface area contributed by atoms with Gasteiger partial charge in [-0.3, -0.25) is 32.9 Å². The van der Waals surface area contributed by atoms with Gasteiger partial charge >= 0.3 is 29.0 Å². The van der Waals surface area contributed by atoms with Gasteiger partial charge in [-0.1, -0.05) is 47.9 Å². The lowest BCUT2D eigenvalue weighted by Gasteiger charge is -2.27. The minimum absolute atomic E-state index is 0.118. The van der Waals surface area contributed by atoms with E-state index in [-0.39, 0.29) is 93.9 Å². The molecule has 1 amide bonds. The molecule has 6 atom stereocenters. The molecule has 0 aliphatic carbocycles. The van der Waals surface area contributed by atoms with Crippen molar-refractivity contribution in [2.75, 3.05) is 55.2 Å². The fourth-order valence-electron chi connectivity index (χ4n) is 13.0. The molecule has 9 heterocycles. The Balaban J connectivity index is 0.000000208. The van der Waals surface area contributed by atoms with Crippen molar-refractivity contribution in [3.8, 4) is 32.3 Å². The molecule has 6 N–H and O–H groups in total. The number of ether oxygens (including phenoxy) is 6. The standard InChI is InChI=1S/C29H37FN6O6S.2C25H28FN5O7S.C4H11N/c1-16(2)33(7)24(37)18(4)35-25(38)23-17(3)26(36-31-11-12-32-36)43-27(23)34(28(35)39)14-22(42-15-29(5,6)40)20-13-19(30)9-10-21(20)41-8;2*1-13-19-20(32)30(14(2)23(33)34)24(35)29(22(19)39-21(13)31-27-8-9-28-31)11-18(38-12-25(3,4)36)16-10-15(26)6-7-17(16)37-5;1-4(2)5-3/h9-13,16,18,22,40H,14-15H2,1-8H3;2*6-10,14,18,36H,11-12H2,1-5H3,(H,33,34);4-5H,1-3H3/t18-,22-;14?,18-;14-,18-;/m000./s1. The second kappa shape index (κ2) is 40.7. The lowest BCUT2D eigenvalue weighted by Crippen LogP contribution is -2.48. The average molecular weight is 1810 g/mol. The zero-order valence-electron chi connectivity index (χ0n) is 73.4. The van der Waals surface area contributed by atoms with E-state index in [9.17, 15) is 81.9 Å². The SMILES string of the molecule is CNC(C)C.COc1ccc(F)cc1[C@H](Cn1c(=O)n(C(C)C(=O)O)c(=O)c2c(C)c(-n3nccn3)sc21)OCC(C)(C)O.COc1ccc(F)cc1[C@H](Cn1c(=O)n([C@@H](C)C(=O)N(C)C(C)C)c(=O)c2c(C)c(-n3nccn3)sc21)OCC(C)(C)O.COc1ccc(F)cc1[C@H](Cn1c(=O)n([C@@H](C)C(=O)O)c(=O)c2c(C)c(-n3nccn3)sc21)OCC(C)(C)O. The maximum atomic E-state index is 14.5. The number of methoxy groups -OCH3 is 3. The molecule has 3 aromatic carbocycles. The Morgan fingerprint density at radius 1 is 0.452 bits per heavy atom. The summed E-state index contributed by atoms with van der Waals surface area (Å²) >= 11 is 3.27. The normalized spacial score (nSPS) is 13.3. The zero-order chi connectivity index (χ0) is 93.4. The quantitative estimate of drug-likeness (QED) is 0.0229. The fraction of sp³-hybridized carbons (Fsp3) is 0.458. The first-order valence-corrected chi connectivity index (χ1v) is 41.9. The van der Waals surface area contributed by atoms with Crippen LogP contribution in [0.15, 0.2) is 121 Å². The number of carboxylic acid groups (broad SMARTS) is 2. The first-order valence-electron chi connectivity index (χ1n) is 39.5. The molecule has 0 fully saturated rings. The monoisotopic (exact) mass is 1810 g/mol. The Kier molecular flexibility index (Phi) is 31.7. The average Bonchev–Trinajstić information content (AvgIpc) is 1.58. The minimum atomic E-state index is -1.48. The summed E-state index contributed by atoms with van der Waals surface area (Å²) in [6.07, 6.45) is 5.74. The number of carboxylic acids is 2. The topological polar surface area (TPSA) is 447 Å². The van der Waals surface area contributed by atoms with E-state index in [0.29, 0.717) is 63.0 Å². The summed E-state index contributed by atoms with van der Waals surface area (Å²) in [4.78, 5) is 126. The summed E-state index contributed by atoms with van der Waals surface area (Å²) in [7, 11) is 7.78. The van der Waals surface area contributed by atoms with Crippen molar-refractivity contribution in [2.45, 2.75) is 196 Å². The number of thiophene rings is 3. The van der Waals surface area contributed by atoms with Gasteiger partial charge in [0.2, 0.25) is 5.91 Å². The third-order valence-corrected chi connectivity index (χ3v) is 23.8. The summed E-state index contributed by atoms with van der Waals surface area (Å²) in [6.45, 7) is 24.9. The Labute approximate surface area is 731 Å². The highest BCUT2D eigenvalue weighted by molar-refractivity contribution is 7.22. The van der Waals surface area contributed by atoms with Gasteiger partial charge in [-0.05, 0) is 159 Å². The van der Waals surface area contributed by atoms with Crippen LogP contribution >= 0.6 is 34.0 Å². The highest BCUT2D eigenvalue weighted by Crippen LogP contribution is 2.39. The molecule has 680 valence electrons. The summed E-state index contributed by atoms with van der Waals surface area (Å²) in [6, 6.07) is 7.94. The summed E-state index contributed by atoms with van der Waals surface area (Å²) in [5.74, 6) is -4.01. The van der Waals surface area contributed by atoms with E-state index < -0.39 is 122 Å². The third-order valence-electron chi connectivity index (χ3n) is 20.0. The first-order chi connectivity index (χ1) is 59.1. The number of rotatable bonds is 32. The molecule has 0 aliphatic rings. The molecule has 0 saturated heterocycles. The minimum Gasteiger partial charge on any atom is -0.496 e. The van der Waals surface area contributed by atoms with E-state index in [1.54, 1.807) is 41.7 Å². The smallest absolute Gasteiger partial charge is 0.333 e. The van der Waals surface area contributed by atoms with Gasteiger partial charge in [-0.25, -0.2) is 50.8 Å². The van der Waals surface area contributed by atoms with Crippen LogP contribution in [0.1, 0.15) is 160 Å². The Bertz CT molecular complexity index is 6030. The predicted molar refractivity (Wildman–Crippen MR) is 465 cm³/mol. The van der Waals surface area contributed by atoms with Crippen molar-refractivity contribution in [2.24, 2.45) is 0 Å². The van der Waals surface area contributed by atoms with Gasteiger partial charge in [-0.15, -0.1) is 14.4 Å². The molecule has 12 aromatic rings.